The molecule has 1 fully saturated rings. The highest BCUT2D eigenvalue weighted by atomic mass is 79.9. The summed E-state index contributed by atoms with van der Waals surface area (Å²) in [6.45, 7) is 4.32. The number of pyridine rings is 1. The number of halogens is 1. The van der Waals surface area contributed by atoms with E-state index in [2.05, 4.69) is 33.2 Å². The molecule has 0 bridgehead atoms. The second kappa shape index (κ2) is 3.99. The zero-order chi connectivity index (χ0) is 10.0. The number of hydrogen-bond acceptors (Lipinski definition) is 2. The highest BCUT2D eigenvalue weighted by Gasteiger charge is 2.36. The molecule has 0 aliphatic heterocycles. The van der Waals surface area contributed by atoms with Gasteiger partial charge in [-0.1, -0.05) is 6.92 Å². The maximum atomic E-state index is 4.31. The van der Waals surface area contributed by atoms with Crippen molar-refractivity contribution in [3.63, 3.8) is 0 Å². The Kier molecular flexibility index (Phi) is 2.88. The van der Waals surface area contributed by atoms with Crippen LogP contribution < -0.4 is 5.32 Å². The lowest BCUT2D eigenvalue weighted by Gasteiger charge is -2.09. The molecule has 14 heavy (non-hydrogen) atoms. The fourth-order valence-corrected chi connectivity index (χ4v) is 1.63. The van der Waals surface area contributed by atoms with Crippen LogP contribution in [-0.4, -0.2) is 11.5 Å². The highest BCUT2D eigenvalue weighted by Crippen LogP contribution is 2.44. The minimum absolute atomic E-state index is 0.579. The predicted molar refractivity (Wildman–Crippen MR) is 61.0 cm³/mol. The van der Waals surface area contributed by atoms with Crippen LogP contribution in [0.2, 0.25) is 0 Å². The molecule has 0 aromatic carbocycles. The van der Waals surface area contributed by atoms with Crippen LogP contribution in [0.15, 0.2) is 22.8 Å². The average molecular weight is 255 g/mol. The normalized spacial score (nSPS) is 18.1. The molecular formula is C11H15BrN2. The van der Waals surface area contributed by atoms with Crippen molar-refractivity contribution in [1.82, 2.24) is 10.3 Å². The first-order chi connectivity index (χ1) is 6.68. The van der Waals surface area contributed by atoms with Crippen molar-refractivity contribution in [2.45, 2.75) is 26.3 Å². The first-order valence-electron chi connectivity index (χ1n) is 4.99. The fraction of sp³-hybridized carbons (Fsp3) is 0.545. The first kappa shape index (κ1) is 10.1. The molecule has 1 aromatic rings. The third-order valence-electron chi connectivity index (χ3n) is 2.75. The summed E-state index contributed by atoms with van der Waals surface area (Å²) in [5.74, 6) is 0. The van der Waals surface area contributed by atoms with Crippen molar-refractivity contribution in [3.05, 3.63) is 28.5 Å². The number of nitrogens with zero attached hydrogens (tertiary/aromatic N) is 1. The van der Waals surface area contributed by atoms with E-state index in [1.54, 1.807) is 0 Å². The van der Waals surface area contributed by atoms with Gasteiger partial charge < -0.3 is 5.32 Å². The molecule has 1 aliphatic rings. The van der Waals surface area contributed by atoms with Crippen molar-refractivity contribution >= 4 is 15.9 Å². The van der Waals surface area contributed by atoms with Crippen LogP contribution in [-0.2, 0) is 6.54 Å². The molecule has 1 saturated carbocycles. The van der Waals surface area contributed by atoms with Gasteiger partial charge in [0, 0.05) is 23.8 Å². The van der Waals surface area contributed by atoms with E-state index >= 15 is 0 Å². The summed E-state index contributed by atoms with van der Waals surface area (Å²) in [6, 6.07) is 4.08. The van der Waals surface area contributed by atoms with Gasteiger partial charge in [-0.15, -0.1) is 0 Å². The SMILES string of the molecule is CC1(CNCc2ccc(Br)cn2)CC1. The fourth-order valence-electron chi connectivity index (χ4n) is 1.39. The van der Waals surface area contributed by atoms with Crippen LogP contribution in [0.25, 0.3) is 0 Å². The van der Waals surface area contributed by atoms with E-state index in [1.807, 2.05) is 18.3 Å². The van der Waals surface area contributed by atoms with E-state index < -0.39 is 0 Å². The van der Waals surface area contributed by atoms with Crippen LogP contribution in [0.5, 0.6) is 0 Å². The lowest BCUT2D eigenvalue weighted by molar-refractivity contribution is 0.497. The lowest BCUT2D eigenvalue weighted by atomic mass is 10.1. The van der Waals surface area contributed by atoms with E-state index in [0.717, 1.165) is 23.3 Å². The molecule has 0 amide bonds. The van der Waals surface area contributed by atoms with Crippen molar-refractivity contribution in [2.75, 3.05) is 6.54 Å². The van der Waals surface area contributed by atoms with Crippen LogP contribution in [0.3, 0.4) is 0 Å². The molecule has 3 heteroatoms. The molecule has 76 valence electrons. The van der Waals surface area contributed by atoms with E-state index in [0.29, 0.717) is 5.41 Å². The van der Waals surface area contributed by atoms with Crippen LogP contribution in [0.4, 0.5) is 0 Å². The van der Waals surface area contributed by atoms with Gasteiger partial charge in [0.1, 0.15) is 0 Å². The van der Waals surface area contributed by atoms with Gasteiger partial charge in [0.15, 0.2) is 0 Å². The summed E-state index contributed by atoms with van der Waals surface area (Å²) in [5.41, 5.74) is 1.69. The Hall–Kier alpha value is -0.410. The summed E-state index contributed by atoms with van der Waals surface area (Å²) in [6.07, 6.45) is 4.58. The van der Waals surface area contributed by atoms with Gasteiger partial charge >= 0.3 is 0 Å². The van der Waals surface area contributed by atoms with Gasteiger partial charge in [-0.25, -0.2) is 0 Å². The zero-order valence-electron chi connectivity index (χ0n) is 8.39. The molecular weight excluding hydrogens is 240 g/mol. The third-order valence-corrected chi connectivity index (χ3v) is 3.22. The smallest absolute Gasteiger partial charge is 0.0542 e. The quantitative estimate of drug-likeness (QED) is 0.894. The van der Waals surface area contributed by atoms with Crippen LogP contribution in [0, 0.1) is 5.41 Å². The number of nitrogens with one attached hydrogen (secondary N) is 1. The Labute approximate surface area is 93.3 Å². The second-order valence-corrected chi connectivity index (χ2v) is 5.30. The second-order valence-electron chi connectivity index (χ2n) is 4.38. The Morgan fingerprint density at radius 2 is 2.29 bits per heavy atom. The molecule has 2 rings (SSSR count). The van der Waals surface area contributed by atoms with E-state index in [1.165, 1.54) is 12.8 Å². The van der Waals surface area contributed by atoms with Crippen molar-refractivity contribution < 1.29 is 0 Å². The van der Waals surface area contributed by atoms with E-state index in [4.69, 9.17) is 0 Å². The highest BCUT2D eigenvalue weighted by molar-refractivity contribution is 9.10. The van der Waals surface area contributed by atoms with Crippen LogP contribution in [0.1, 0.15) is 25.5 Å². The van der Waals surface area contributed by atoms with Gasteiger partial charge in [-0.2, -0.15) is 0 Å². The van der Waals surface area contributed by atoms with Gasteiger partial charge in [-0.3, -0.25) is 4.98 Å². The number of rotatable bonds is 4. The topological polar surface area (TPSA) is 24.9 Å². The molecule has 1 aromatic heterocycles. The largest absolute Gasteiger partial charge is 0.311 e. The Morgan fingerprint density at radius 3 is 2.86 bits per heavy atom. The zero-order valence-corrected chi connectivity index (χ0v) is 9.97. The monoisotopic (exact) mass is 254 g/mol. The van der Waals surface area contributed by atoms with Gasteiger partial charge in [0.2, 0.25) is 0 Å². The lowest BCUT2D eigenvalue weighted by Crippen LogP contribution is -2.21. The summed E-state index contributed by atoms with van der Waals surface area (Å²) in [5, 5.41) is 3.45. The minimum Gasteiger partial charge on any atom is -0.311 e. The predicted octanol–water partition coefficient (Wildman–Crippen LogP) is 2.73. The number of hydrogen-bond donors (Lipinski definition) is 1. The summed E-state index contributed by atoms with van der Waals surface area (Å²) in [7, 11) is 0. The third kappa shape index (κ3) is 2.79. The van der Waals surface area contributed by atoms with Gasteiger partial charge in [-0.05, 0) is 46.3 Å². The van der Waals surface area contributed by atoms with Gasteiger partial charge in [0.05, 0.1) is 5.69 Å². The Bertz CT molecular complexity index is 304. The molecule has 0 spiro atoms. The molecule has 1 N–H and O–H groups in total. The molecule has 2 nitrogen and oxygen atoms in total. The molecule has 1 aliphatic carbocycles. The molecule has 0 atom stereocenters. The molecule has 0 unspecified atom stereocenters. The maximum absolute atomic E-state index is 4.31. The van der Waals surface area contributed by atoms with Gasteiger partial charge in [0.25, 0.3) is 0 Å². The standard InChI is InChI=1S/C11H15BrN2/c1-11(4-5-11)8-13-7-10-3-2-9(12)6-14-10/h2-3,6,13H,4-5,7-8H2,1H3. The first-order valence-corrected chi connectivity index (χ1v) is 5.78. The van der Waals surface area contributed by atoms with Crippen LogP contribution >= 0.6 is 15.9 Å². The molecule has 0 radical (unpaired) electrons. The van der Waals surface area contributed by atoms with Crippen molar-refractivity contribution in [2.24, 2.45) is 5.41 Å². The summed E-state index contributed by atoms with van der Waals surface area (Å²) in [4.78, 5) is 4.31. The molecule has 1 heterocycles. The van der Waals surface area contributed by atoms with Crippen molar-refractivity contribution in [1.29, 1.82) is 0 Å². The summed E-state index contributed by atoms with van der Waals surface area (Å²) >= 11 is 3.37. The van der Waals surface area contributed by atoms with Crippen molar-refractivity contribution in [3.8, 4) is 0 Å². The Morgan fingerprint density at radius 1 is 1.50 bits per heavy atom. The summed E-state index contributed by atoms with van der Waals surface area (Å²) < 4.78 is 1.04. The van der Waals surface area contributed by atoms with E-state index in [9.17, 15) is 0 Å². The minimum atomic E-state index is 0.579. The number of aromatic nitrogens is 1. The van der Waals surface area contributed by atoms with E-state index in [-0.39, 0.29) is 0 Å². The maximum Gasteiger partial charge on any atom is 0.0542 e. The molecule has 0 saturated heterocycles. The Balaban J connectivity index is 1.77. The average Bonchev–Trinajstić information content (AvgIpc) is 2.88.